The molecular weight excluding hydrogens is 284 g/mol. The van der Waals surface area contributed by atoms with E-state index in [1.165, 1.54) is 17.0 Å². The molecule has 4 nitrogen and oxygen atoms in total. The Morgan fingerprint density at radius 1 is 1.13 bits per heavy atom. The van der Waals surface area contributed by atoms with E-state index in [4.69, 9.17) is 4.98 Å². The van der Waals surface area contributed by atoms with Gasteiger partial charge in [0.25, 0.3) is 0 Å². The normalized spacial score (nSPS) is 16.0. The average Bonchev–Trinajstić information content (AvgIpc) is 2.96. The first-order valence-electron chi connectivity index (χ1n) is 8.39. The second-order valence-electron chi connectivity index (χ2n) is 6.35. The number of pyridine rings is 1. The number of hydrogen-bond acceptors (Lipinski definition) is 3. The van der Waals surface area contributed by atoms with Gasteiger partial charge in [0.1, 0.15) is 11.3 Å². The van der Waals surface area contributed by atoms with Crippen LogP contribution in [0.2, 0.25) is 0 Å². The van der Waals surface area contributed by atoms with E-state index >= 15 is 0 Å². The summed E-state index contributed by atoms with van der Waals surface area (Å²) in [5, 5.41) is 3.44. The SMILES string of the molecule is Cc1ccccc1Cn1c(C2CCNCC2)nc2cccnc21. The van der Waals surface area contributed by atoms with Gasteiger partial charge >= 0.3 is 0 Å². The maximum Gasteiger partial charge on any atom is 0.160 e. The molecule has 2 aromatic heterocycles. The van der Waals surface area contributed by atoms with Crippen LogP contribution >= 0.6 is 0 Å². The molecule has 0 saturated carbocycles. The number of hydrogen-bond donors (Lipinski definition) is 1. The molecular formula is C19H22N4. The molecule has 0 atom stereocenters. The summed E-state index contributed by atoms with van der Waals surface area (Å²) in [5.74, 6) is 1.72. The van der Waals surface area contributed by atoms with Crippen LogP contribution in [0.15, 0.2) is 42.6 Å². The Labute approximate surface area is 136 Å². The monoisotopic (exact) mass is 306 g/mol. The van der Waals surface area contributed by atoms with Crippen LogP contribution < -0.4 is 5.32 Å². The summed E-state index contributed by atoms with van der Waals surface area (Å²) >= 11 is 0. The predicted molar refractivity (Wildman–Crippen MR) is 92.7 cm³/mol. The fourth-order valence-electron chi connectivity index (χ4n) is 3.48. The summed E-state index contributed by atoms with van der Waals surface area (Å²) in [6, 6.07) is 12.6. The highest BCUT2D eigenvalue weighted by Gasteiger charge is 2.23. The smallest absolute Gasteiger partial charge is 0.160 e. The van der Waals surface area contributed by atoms with Crippen molar-refractivity contribution >= 4 is 11.2 Å². The first kappa shape index (κ1) is 14.4. The van der Waals surface area contributed by atoms with Gasteiger partial charge in [-0.3, -0.25) is 0 Å². The van der Waals surface area contributed by atoms with Crippen LogP contribution in [0.5, 0.6) is 0 Å². The van der Waals surface area contributed by atoms with Gasteiger partial charge in [0.15, 0.2) is 5.65 Å². The molecule has 4 heteroatoms. The van der Waals surface area contributed by atoms with Crippen molar-refractivity contribution in [3.8, 4) is 0 Å². The second kappa shape index (κ2) is 6.13. The van der Waals surface area contributed by atoms with Gasteiger partial charge in [-0.05, 0) is 56.1 Å². The zero-order valence-electron chi connectivity index (χ0n) is 13.5. The van der Waals surface area contributed by atoms with Crippen LogP contribution in [-0.2, 0) is 6.54 Å². The van der Waals surface area contributed by atoms with E-state index in [1.54, 1.807) is 0 Å². The molecule has 0 aliphatic carbocycles. The van der Waals surface area contributed by atoms with Crippen LogP contribution in [-0.4, -0.2) is 27.6 Å². The highest BCUT2D eigenvalue weighted by Crippen LogP contribution is 2.28. The van der Waals surface area contributed by atoms with E-state index in [-0.39, 0.29) is 0 Å². The van der Waals surface area contributed by atoms with Gasteiger partial charge in [0.2, 0.25) is 0 Å². The number of aromatic nitrogens is 3. The average molecular weight is 306 g/mol. The topological polar surface area (TPSA) is 42.7 Å². The predicted octanol–water partition coefficient (Wildman–Crippen LogP) is 3.26. The van der Waals surface area contributed by atoms with Crippen molar-refractivity contribution < 1.29 is 0 Å². The van der Waals surface area contributed by atoms with E-state index in [0.717, 1.165) is 43.6 Å². The molecule has 1 aromatic carbocycles. The van der Waals surface area contributed by atoms with Gasteiger partial charge in [-0.25, -0.2) is 9.97 Å². The zero-order valence-corrected chi connectivity index (χ0v) is 13.5. The van der Waals surface area contributed by atoms with Crippen molar-refractivity contribution in [2.45, 2.75) is 32.2 Å². The van der Waals surface area contributed by atoms with Crippen molar-refractivity contribution in [1.29, 1.82) is 0 Å². The van der Waals surface area contributed by atoms with Gasteiger partial charge < -0.3 is 9.88 Å². The summed E-state index contributed by atoms with van der Waals surface area (Å²) in [4.78, 5) is 9.54. The summed E-state index contributed by atoms with van der Waals surface area (Å²) in [7, 11) is 0. The van der Waals surface area contributed by atoms with Crippen LogP contribution in [0.25, 0.3) is 11.2 Å². The molecule has 1 fully saturated rings. The molecule has 3 heterocycles. The summed E-state index contributed by atoms with van der Waals surface area (Å²) in [5.41, 5.74) is 4.67. The third-order valence-corrected chi connectivity index (χ3v) is 4.83. The van der Waals surface area contributed by atoms with Gasteiger partial charge in [-0.15, -0.1) is 0 Å². The van der Waals surface area contributed by atoms with Crippen LogP contribution in [0.3, 0.4) is 0 Å². The maximum atomic E-state index is 4.93. The van der Waals surface area contributed by atoms with Crippen molar-refractivity contribution in [1.82, 2.24) is 19.9 Å². The Morgan fingerprint density at radius 3 is 2.78 bits per heavy atom. The number of imidazole rings is 1. The third-order valence-electron chi connectivity index (χ3n) is 4.83. The van der Waals surface area contributed by atoms with Crippen LogP contribution in [0.4, 0.5) is 0 Å². The molecule has 23 heavy (non-hydrogen) atoms. The molecule has 1 aliphatic rings. The zero-order chi connectivity index (χ0) is 15.6. The minimum absolute atomic E-state index is 0.523. The number of benzene rings is 1. The van der Waals surface area contributed by atoms with E-state index in [2.05, 4.69) is 52.1 Å². The first-order valence-corrected chi connectivity index (χ1v) is 8.39. The number of nitrogens with zero attached hydrogens (tertiary/aromatic N) is 3. The van der Waals surface area contributed by atoms with E-state index in [0.29, 0.717) is 5.92 Å². The number of rotatable bonds is 3. The number of fused-ring (bicyclic) bond motifs is 1. The Balaban J connectivity index is 1.81. The highest BCUT2D eigenvalue weighted by atomic mass is 15.1. The summed E-state index contributed by atoms with van der Waals surface area (Å²) in [6.45, 7) is 5.17. The lowest BCUT2D eigenvalue weighted by molar-refractivity contribution is 0.435. The van der Waals surface area contributed by atoms with E-state index < -0.39 is 0 Å². The fraction of sp³-hybridized carbons (Fsp3) is 0.368. The Kier molecular flexibility index (Phi) is 3.83. The third kappa shape index (κ3) is 2.75. The Hall–Kier alpha value is -2.20. The molecule has 3 aromatic rings. The molecule has 1 N–H and O–H groups in total. The standard InChI is InChI=1S/C19H22N4/c1-14-5-2-3-6-16(14)13-23-18(15-8-11-20-12-9-15)22-17-7-4-10-21-19(17)23/h2-7,10,15,20H,8-9,11-13H2,1H3. The number of nitrogens with one attached hydrogen (secondary N) is 1. The highest BCUT2D eigenvalue weighted by molar-refractivity contribution is 5.71. The van der Waals surface area contributed by atoms with Gasteiger partial charge in [-0.2, -0.15) is 0 Å². The largest absolute Gasteiger partial charge is 0.317 e. The quantitative estimate of drug-likeness (QED) is 0.807. The maximum absolute atomic E-state index is 4.93. The first-order chi connectivity index (χ1) is 11.3. The van der Waals surface area contributed by atoms with Gasteiger partial charge in [0, 0.05) is 12.1 Å². The second-order valence-corrected chi connectivity index (χ2v) is 6.35. The summed E-state index contributed by atoms with van der Waals surface area (Å²) in [6.07, 6.45) is 4.17. The van der Waals surface area contributed by atoms with Crippen molar-refractivity contribution in [3.05, 3.63) is 59.5 Å². The Morgan fingerprint density at radius 2 is 1.96 bits per heavy atom. The summed E-state index contributed by atoms with van der Waals surface area (Å²) < 4.78 is 2.33. The van der Waals surface area contributed by atoms with Crippen LogP contribution in [0.1, 0.15) is 35.7 Å². The molecule has 0 radical (unpaired) electrons. The molecule has 0 amide bonds. The molecule has 0 spiro atoms. The Bertz CT molecular complexity index is 815. The van der Waals surface area contributed by atoms with Crippen molar-refractivity contribution in [2.75, 3.05) is 13.1 Å². The van der Waals surface area contributed by atoms with Crippen molar-refractivity contribution in [3.63, 3.8) is 0 Å². The lowest BCUT2D eigenvalue weighted by atomic mass is 9.97. The van der Waals surface area contributed by atoms with Gasteiger partial charge in [-0.1, -0.05) is 24.3 Å². The van der Waals surface area contributed by atoms with E-state index in [9.17, 15) is 0 Å². The fourth-order valence-corrected chi connectivity index (χ4v) is 3.48. The van der Waals surface area contributed by atoms with Crippen molar-refractivity contribution in [2.24, 2.45) is 0 Å². The molecule has 1 saturated heterocycles. The minimum atomic E-state index is 0.523. The lowest BCUT2D eigenvalue weighted by Gasteiger charge is -2.23. The molecule has 118 valence electrons. The molecule has 4 rings (SSSR count). The minimum Gasteiger partial charge on any atom is -0.317 e. The molecule has 0 bridgehead atoms. The number of aryl methyl sites for hydroxylation is 1. The van der Waals surface area contributed by atoms with E-state index in [1.807, 2.05) is 12.3 Å². The molecule has 1 aliphatic heterocycles. The number of piperidine rings is 1. The van der Waals surface area contributed by atoms with Gasteiger partial charge in [0.05, 0.1) is 6.54 Å². The molecule has 0 unspecified atom stereocenters. The van der Waals surface area contributed by atoms with Crippen LogP contribution in [0, 0.1) is 6.92 Å². The lowest BCUT2D eigenvalue weighted by Crippen LogP contribution is -2.28.